The molecule has 0 fully saturated rings. The molecular formula is C19H22N4O3S. The number of amides is 1. The van der Waals surface area contributed by atoms with E-state index in [9.17, 15) is 15.2 Å². The average Bonchev–Trinajstić information content (AvgIpc) is 3.03. The highest BCUT2D eigenvalue weighted by Crippen LogP contribution is 2.37. The Morgan fingerprint density at radius 3 is 3.11 bits per heavy atom. The van der Waals surface area contributed by atoms with Gasteiger partial charge in [0.15, 0.2) is 0 Å². The minimum Gasteiger partial charge on any atom is -0.356 e. The number of aryl methyl sites for hydroxylation is 1. The van der Waals surface area contributed by atoms with Crippen molar-refractivity contribution >= 4 is 22.2 Å². The number of pyridine rings is 1. The highest BCUT2D eigenvalue weighted by atomic mass is 32.1. The Labute approximate surface area is 162 Å². The van der Waals surface area contributed by atoms with E-state index >= 15 is 0 Å². The van der Waals surface area contributed by atoms with E-state index in [-0.39, 0.29) is 5.91 Å². The van der Waals surface area contributed by atoms with E-state index in [2.05, 4.69) is 16.4 Å². The fourth-order valence-corrected chi connectivity index (χ4v) is 4.29. The molecule has 1 aliphatic rings. The van der Waals surface area contributed by atoms with Crippen molar-refractivity contribution in [3.63, 3.8) is 0 Å². The van der Waals surface area contributed by atoms with Gasteiger partial charge < -0.3 is 15.2 Å². The number of thiophene rings is 1. The van der Waals surface area contributed by atoms with Gasteiger partial charge >= 0.3 is 0 Å². The van der Waals surface area contributed by atoms with Gasteiger partial charge in [0.1, 0.15) is 11.1 Å². The van der Waals surface area contributed by atoms with Gasteiger partial charge in [-0.2, -0.15) is 5.26 Å². The zero-order chi connectivity index (χ0) is 19.2. The van der Waals surface area contributed by atoms with Crippen LogP contribution in [0.15, 0.2) is 24.4 Å². The summed E-state index contributed by atoms with van der Waals surface area (Å²) in [7, 11) is 0. The topological polar surface area (TPSA) is 98.5 Å². The Kier molecular flexibility index (Phi) is 6.53. The van der Waals surface area contributed by atoms with Gasteiger partial charge in [-0.1, -0.05) is 6.07 Å². The second-order valence-corrected chi connectivity index (χ2v) is 7.30. The molecule has 0 aliphatic carbocycles. The van der Waals surface area contributed by atoms with E-state index in [0.717, 1.165) is 16.1 Å². The summed E-state index contributed by atoms with van der Waals surface area (Å²) >= 11 is 1.40. The lowest BCUT2D eigenvalue weighted by molar-refractivity contribution is -0.194. The lowest BCUT2D eigenvalue weighted by Gasteiger charge is -2.30. The fourth-order valence-electron chi connectivity index (χ4n) is 3.05. The molecule has 0 saturated carbocycles. The third-order valence-electron chi connectivity index (χ3n) is 4.41. The first-order valence-corrected chi connectivity index (χ1v) is 9.72. The number of aliphatic hydroxyl groups excluding tert-OH is 1. The number of carbonyl (C=O) groups is 1. The fraction of sp³-hybridized carbons (Fsp3) is 0.421. The molecule has 0 bridgehead atoms. The smallest absolute Gasteiger partial charge is 0.225 e. The third kappa shape index (κ3) is 4.70. The molecule has 1 atom stereocenters. The molecule has 2 aromatic rings. The highest BCUT2D eigenvalue weighted by molar-refractivity contribution is 7.16. The molecule has 0 radical (unpaired) electrons. The van der Waals surface area contributed by atoms with Gasteiger partial charge in [0, 0.05) is 42.9 Å². The molecule has 0 saturated heterocycles. The summed E-state index contributed by atoms with van der Waals surface area (Å²) in [6.45, 7) is 3.36. The van der Waals surface area contributed by atoms with Crippen molar-refractivity contribution in [1.82, 2.24) is 9.88 Å². The standard InChI is InChI=1S/C19H22N4O3S/c1-2-26-19(25)23-10-8-14-15(11-20)18(27-16(14)12-23)22-17(24)7-6-13-5-3-4-9-21-13/h3-5,9,19,25H,2,6-8,10,12H2,1H3,(H,22,24). The molecule has 1 aliphatic heterocycles. The zero-order valence-electron chi connectivity index (χ0n) is 15.1. The first kappa shape index (κ1) is 19.5. The number of ether oxygens (including phenoxy) is 1. The number of aliphatic hydroxyl groups is 1. The molecule has 0 spiro atoms. The van der Waals surface area contributed by atoms with Crippen LogP contribution in [0.25, 0.3) is 0 Å². The molecule has 1 amide bonds. The Morgan fingerprint density at radius 2 is 2.41 bits per heavy atom. The lowest BCUT2D eigenvalue weighted by atomic mass is 10.0. The second kappa shape index (κ2) is 9.06. The number of carbonyl (C=O) groups excluding carboxylic acids is 1. The molecule has 27 heavy (non-hydrogen) atoms. The van der Waals surface area contributed by atoms with Crippen LogP contribution < -0.4 is 5.32 Å². The number of nitrogens with zero attached hydrogens (tertiary/aromatic N) is 3. The maximum absolute atomic E-state index is 12.3. The Balaban J connectivity index is 1.66. The van der Waals surface area contributed by atoms with E-state index in [1.807, 2.05) is 30.0 Å². The molecule has 3 heterocycles. The molecular weight excluding hydrogens is 364 g/mol. The van der Waals surface area contributed by atoms with E-state index in [0.29, 0.717) is 49.5 Å². The van der Waals surface area contributed by atoms with Gasteiger partial charge in [0.25, 0.3) is 0 Å². The number of nitrogens with one attached hydrogen (secondary N) is 1. The number of hydrogen-bond acceptors (Lipinski definition) is 7. The summed E-state index contributed by atoms with van der Waals surface area (Å²) in [6, 6.07) is 7.84. The van der Waals surface area contributed by atoms with Gasteiger partial charge in [0.05, 0.1) is 5.56 Å². The van der Waals surface area contributed by atoms with Crippen LogP contribution >= 0.6 is 11.3 Å². The van der Waals surface area contributed by atoms with Crippen LogP contribution in [0, 0.1) is 11.3 Å². The molecule has 2 aromatic heterocycles. The minimum absolute atomic E-state index is 0.137. The Hall–Kier alpha value is -2.31. The SMILES string of the molecule is CCOC(O)N1CCc2c(sc(NC(=O)CCc3ccccn3)c2C#N)C1. The minimum atomic E-state index is -0.952. The van der Waals surface area contributed by atoms with Gasteiger partial charge in [-0.3, -0.25) is 9.78 Å². The zero-order valence-corrected chi connectivity index (χ0v) is 16.0. The maximum atomic E-state index is 12.3. The predicted molar refractivity (Wildman–Crippen MR) is 102 cm³/mol. The highest BCUT2D eigenvalue weighted by Gasteiger charge is 2.28. The normalized spacial score (nSPS) is 15.0. The lowest BCUT2D eigenvalue weighted by Crippen LogP contribution is -2.40. The van der Waals surface area contributed by atoms with Crippen molar-refractivity contribution in [2.75, 3.05) is 18.5 Å². The van der Waals surface area contributed by atoms with Crippen LogP contribution in [0.5, 0.6) is 0 Å². The first-order chi connectivity index (χ1) is 13.1. The largest absolute Gasteiger partial charge is 0.356 e. The van der Waals surface area contributed by atoms with E-state index in [1.165, 1.54) is 11.3 Å². The van der Waals surface area contributed by atoms with Crippen LogP contribution in [0.4, 0.5) is 5.00 Å². The molecule has 0 aromatic carbocycles. The number of fused-ring (bicyclic) bond motifs is 1. The number of aromatic nitrogens is 1. The van der Waals surface area contributed by atoms with E-state index in [1.54, 1.807) is 6.20 Å². The van der Waals surface area contributed by atoms with Crippen molar-refractivity contribution in [1.29, 1.82) is 5.26 Å². The summed E-state index contributed by atoms with van der Waals surface area (Å²) in [5.74, 6) is -0.137. The van der Waals surface area contributed by atoms with Crippen molar-refractivity contribution in [3.05, 3.63) is 46.1 Å². The van der Waals surface area contributed by atoms with Crippen LogP contribution in [-0.4, -0.2) is 40.5 Å². The van der Waals surface area contributed by atoms with Crippen LogP contribution in [0.3, 0.4) is 0 Å². The Morgan fingerprint density at radius 1 is 1.56 bits per heavy atom. The molecule has 7 nitrogen and oxygen atoms in total. The monoisotopic (exact) mass is 386 g/mol. The third-order valence-corrected chi connectivity index (χ3v) is 5.55. The molecule has 2 N–H and O–H groups in total. The van der Waals surface area contributed by atoms with Gasteiger partial charge in [0.2, 0.25) is 12.3 Å². The van der Waals surface area contributed by atoms with Gasteiger partial charge in [-0.15, -0.1) is 11.3 Å². The molecule has 8 heteroatoms. The summed E-state index contributed by atoms with van der Waals surface area (Å²) in [6.07, 6.45) is 2.25. The number of hydrogen-bond donors (Lipinski definition) is 2. The van der Waals surface area contributed by atoms with Gasteiger partial charge in [-0.05, 0) is 37.5 Å². The summed E-state index contributed by atoms with van der Waals surface area (Å²) in [5.41, 5.74) is 2.35. The van der Waals surface area contributed by atoms with Crippen molar-refractivity contribution in [3.8, 4) is 6.07 Å². The molecule has 142 valence electrons. The van der Waals surface area contributed by atoms with Crippen molar-refractivity contribution in [2.24, 2.45) is 0 Å². The van der Waals surface area contributed by atoms with Gasteiger partial charge in [-0.25, -0.2) is 4.90 Å². The predicted octanol–water partition coefficient (Wildman–Crippen LogP) is 2.26. The summed E-state index contributed by atoms with van der Waals surface area (Å²) in [4.78, 5) is 19.3. The van der Waals surface area contributed by atoms with Crippen LogP contribution in [0.1, 0.15) is 35.0 Å². The summed E-state index contributed by atoms with van der Waals surface area (Å²) < 4.78 is 5.24. The van der Waals surface area contributed by atoms with Crippen molar-refractivity contribution < 1.29 is 14.6 Å². The number of nitriles is 1. The summed E-state index contributed by atoms with van der Waals surface area (Å²) in [5, 5.41) is 23.0. The van der Waals surface area contributed by atoms with Crippen LogP contribution in [-0.2, 0) is 28.9 Å². The maximum Gasteiger partial charge on any atom is 0.225 e. The Bertz CT molecular complexity index is 831. The second-order valence-electron chi connectivity index (χ2n) is 6.19. The van der Waals surface area contributed by atoms with E-state index < -0.39 is 6.41 Å². The quantitative estimate of drug-likeness (QED) is 0.708. The number of anilines is 1. The van der Waals surface area contributed by atoms with Crippen molar-refractivity contribution in [2.45, 2.75) is 39.1 Å². The van der Waals surface area contributed by atoms with Crippen LogP contribution in [0.2, 0.25) is 0 Å². The first-order valence-electron chi connectivity index (χ1n) is 8.90. The molecule has 3 rings (SSSR count). The average molecular weight is 386 g/mol. The van der Waals surface area contributed by atoms with E-state index in [4.69, 9.17) is 4.74 Å². The molecule has 1 unspecified atom stereocenters. The number of rotatable bonds is 7.